The second-order valence-corrected chi connectivity index (χ2v) is 22.2. The first-order chi connectivity index (χ1) is 13.1. The summed E-state index contributed by atoms with van der Waals surface area (Å²) in [7, 11) is -4.33. The Hall–Kier alpha value is -0.476. The Morgan fingerprint density at radius 1 is 0.767 bits per heavy atom. The molecule has 1 rings (SSSR count). The van der Waals surface area contributed by atoms with Crippen LogP contribution in [0, 0.1) is 5.41 Å². The van der Waals surface area contributed by atoms with Crippen molar-refractivity contribution in [2.24, 2.45) is 5.41 Å². The van der Waals surface area contributed by atoms with Gasteiger partial charge in [0, 0.05) is 0 Å². The van der Waals surface area contributed by atoms with Crippen molar-refractivity contribution >= 4 is 22.6 Å². The predicted molar refractivity (Wildman–Crippen MR) is 129 cm³/mol. The first-order valence-electron chi connectivity index (χ1n) is 11.0. The topological polar surface area (TPSA) is 65.0 Å². The summed E-state index contributed by atoms with van der Waals surface area (Å²) in [6.45, 7) is 27.1. The monoisotopic (exact) mass is 458 g/mol. The van der Waals surface area contributed by atoms with Gasteiger partial charge in [-0.15, -0.1) is 0 Å². The van der Waals surface area contributed by atoms with Crippen molar-refractivity contribution in [1.82, 2.24) is 0 Å². The normalized spacial score (nSPS) is 26.6. The first kappa shape index (κ1) is 27.6. The zero-order valence-corrected chi connectivity index (χ0v) is 23.5. The molecule has 30 heavy (non-hydrogen) atoms. The van der Waals surface area contributed by atoms with Crippen molar-refractivity contribution < 1.29 is 23.5 Å². The molecule has 0 bridgehead atoms. The largest absolute Gasteiger partial charge is 0.455 e. The van der Waals surface area contributed by atoms with Gasteiger partial charge in [0.2, 0.25) is 0 Å². The van der Waals surface area contributed by atoms with E-state index in [1.807, 2.05) is 32.9 Å². The third-order valence-corrected chi connectivity index (χ3v) is 15.8. The highest BCUT2D eigenvalue weighted by molar-refractivity contribution is 6.74. The summed E-state index contributed by atoms with van der Waals surface area (Å²) in [6.07, 6.45) is 1.00. The summed E-state index contributed by atoms with van der Waals surface area (Å²) in [5, 5.41) is 11.3. The molecule has 176 valence electrons. The van der Waals surface area contributed by atoms with E-state index >= 15 is 0 Å². The number of carbonyl (C=O) groups is 1. The maximum atomic E-state index is 12.6. The Labute approximate surface area is 186 Å². The molecule has 4 atom stereocenters. The van der Waals surface area contributed by atoms with Crippen LogP contribution in [0.25, 0.3) is 0 Å². The fourth-order valence-electron chi connectivity index (χ4n) is 2.51. The Balaban J connectivity index is 3.26. The van der Waals surface area contributed by atoms with Gasteiger partial charge in [-0.1, -0.05) is 47.6 Å². The third-order valence-electron chi connectivity index (χ3n) is 6.82. The van der Waals surface area contributed by atoms with Crippen LogP contribution in [0.5, 0.6) is 0 Å². The van der Waals surface area contributed by atoms with E-state index in [0.29, 0.717) is 0 Å². The Kier molecular flexibility index (Phi) is 8.09. The van der Waals surface area contributed by atoms with Gasteiger partial charge >= 0.3 is 5.97 Å². The van der Waals surface area contributed by atoms with Gasteiger partial charge in [0.15, 0.2) is 16.6 Å². The molecule has 7 heteroatoms. The number of aliphatic hydroxyl groups is 1. The molecule has 0 fully saturated rings. The van der Waals surface area contributed by atoms with Gasteiger partial charge in [0.05, 0.1) is 11.5 Å². The highest BCUT2D eigenvalue weighted by Gasteiger charge is 2.49. The van der Waals surface area contributed by atoms with Gasteiger partial charge in [0.1, 0.15) is 18.3 Å². The van der Waals surface area contributed by atoms with Crippen LogP contribution >= 0.6 is 0 Å². The van der Waals surface area contributed by atoms with E-state index in [-0.39, 0.29) is 16.0 Å². The molecular formula is C23H46O5Si2. The van der Waals surface area contributed by atoms with Crippen molar-refractivity contribution in [2.45, 2.75) is 123 Å². The lowest BCUT2D eigenvalue weighted by molar-refractivity contribution is -0.167. The smallest absolute Gasteiger partial charge is 0.311 e. The molecular weight excluding hydrogens is 412 g/mol. The van der Waals surface area contributed by atoms with E-state index in [4.69, 9.17) is 13.6 Å². The number of aliphatic hydroxyl groups excluding tert-OH is 1. The molecule has 0 radical (unpaired) electrons. The van der Waals surface area contributed by atoms with E-state index in [9.17, 15) is 9.90 Å². The summed E-state index contributed by atoms with van der Waals surface area (Å²) in [4.78, 5) is 12.6. The summed E-state index contributed by atoms with van der Waals surface area (Å²) in [5.74, 6) is -0.308. The lowest BCUT2D eigenvalue weighted by atomic mass is 9.94. The van der Waals surface area contributed by atoms with Crippen LogP contribution in [0.2, 0.25) is 36.3 Å². The maximum Gasteiger partial charge on any atom is 0.311 e. The summed E-state index contributed by atoms with van der Waals surface area (Å²) < 4.78 is 18.9. The van der Waals surface area contributed by atoms with Gasteiger partial charge in [-0.05, 0) is 63.1 Å². The molecule has 0 aromatic heterocycles. The standard InChI is InChI=1S/C23H46O5Si2/c1-21(2,3)20(25)26-17-15-14-16(27-29(10,11)22(4,5)6)18(24)19(17)28-30(12,13)23(7,8)9/h14-19,24H,1-13H3/t16-,17-,18+,19+/m1/s1. The van der Waals surface area contributed by atoms with Crippen LogP contribution in [-0.4, -0.2) is 52.1 Å². The summed E-state index contributed by atoms with van der Waals surface area (Å²) >= 11 is 0. The fourth-order valence-corrected chi connectivity index (χ4v) is 5.07. The summed E-state index contributed by atoms with van der Waals surface area (Å²) in [5.41, 5.74) is -0.630. The third kappa shape index (κ3) is 6.51. The lowest BCUT2D eigenvalue weighted by Gasteiger charge is -2.46. The van der Waals surface area contributed by atoms with Crippen molar-refractivity contribution in [3.8, 4) is 0 Å². The van der Waals surface area contributed by atoms with E-state index in [1.54, 1.807) is 0 Å². The molecule has 0 unspecified atom stereocenters. The average Bonchev–Trinajstić information content (AvgIpc) is 2.50. The van der Waals surface area contributed by atoms with E-state index in [0.717, 1.165) is 0 Å². The SMILES string of the molecule is CC(C)(C)C(=O)O[C@@H]1C=C[C@@H](O[Si](C)(C)C(C)(C)C)[C@H](O)[C@H]1O[Si](C)(C)C(C)(C)C. The van der Waals surface area contributed by atoms with Crippen LogP contribution in [0.15, 0.2) is 12.2 Å². The van der Waals surface area contributed by atoms with Crippen LogP contribution in [0.3, 0.4) is 0 Å². The molecule has 0 saturated carbocycles. The van der Waals surface area contributed by atoms with Gasteiger partial charge in [0.25, 0.3) is 0 Å². The number of rotatable bonds is 5. The minimum absolute atomic E-state index is 0.0197. The molecule has 5 nitrogen and oxygen atoms in total. The van der Waals surface area contributed by atoms with Crippen molar-refractivity contribution in [3.63, 3.8) is 0 Å². The molecule has 1 N–H and O–H groups in total. The highest BCUT2D eigenvalue weighted by atomic mass is 28.4. The molecule has 0 spiro atoms. The van der Waals surface area contributed by atoms with Crippen LogP contribution in [0.1, 0.15) is 62.3 Å². The Morgan fingerprint density at radius 3 is 1.57 bits per heavy atom. The van der Waals surface area contributed by atoms with Crippen molar-refractivity contribution in [2.75, 3.05) is 0 Å². The van der Waals surface area contributed by atoms with Gasteiger partial charge in [-0.3, -0.25) is 4.79 Å². The molecule has 0 aromatic rings. The highest BCUT2D eigenvalue weighted by Crippen LogP contribution is 2.41. The predicted octanol–water partition coefficient (Wildman–Crippen LogP) is 5.66. The van der Waals surface area contributed by atoms with Gasteiger partial charge in [-0.2, -0.15) is 0 Å². The molecule has 0 amide bonds. The lowest BCUT2D eigenvalue weighted by Crippen LogP contribution is -2.58. The van der Waals surface area contributed by atoms with Crippen LogP contribution < -0.4 is 0 Å². The molecule has 1 aliphatic carbocycles. The van der Waals surface area contributed by atoms with Gasteiger partial charge < -0.3 is 18.7 Å². The second-order valence-electron chi connectivity index (χ2n) is 12.7. The van der Waals surface area contributed by atoms with Gasteiger partial charge in [-0.25, -0.2) is 0 Å². The van der Waals surface area contributed by atoms with Crippen molar-refractivity contribution in [3.05, 3.63) is 12.2 Å². The number of esters is 1. The van der Waals surface area contributed by atoms with E-state index < -0.39 is 46.5 Å². The molecule has 0 aromatic carbocycles. The fraction of sp³-hybridized carbons (Fsp3) is 0.870. The van der Waals surface area contributed by atoms with E-state index in [1.165, 1.54) is 0 Å². The Bertz CT molecular complexity index is 635. The zero-order chi connectivity index (χ0) is 23.9. The van der Waals surface area contributed by atoms with Crippen molar-refractivity contribution in [1.29, 1.82) is 0 Å². The average molecular weight is 459 g/mol. The minimum Gasteiger partial charge on any atom is -0.455 e. The number of hydrogen-bond donors (Lipinski definition) is 1. The molecule has 1 aliphatic rings. The van der Waals surface area contributed by atoms with E-state index in [2.05, 4.69) is 67.7 Å². The Morgan fingerprint density at radius 2 is 1.17 bits per heavy atom. The number of hydrogen-bond acceptors (Lipinski definition) is 5. The van der Waals surface area contributed by atoms with Crippen LogP contribution in [0.4, 0.5) is 0 Å². The summed E-state index contributed by atoms with van der Waals surface area (Å²) in [6, 6.07) is 0. The molecule has 0 saturated heterocycles. The quantitative estimate of drug-likeness (QED) is 0.327. The second kappa shape index (κ2) is 8.81. The molecule has 0 aliphatic heterocycles. The minimum atomic E-state index is -2.23. The molecule has 0 heterocycles. The number of carbonyl (C=O) groups excluding carboxylic acids is 1. The zero-order valence-electron chi connectivity index (χ0n) is 21.5. The maximum absolute atomic E-state index is 12.6. The number of ether oxygens (including phenoxy) is 1. The first-order valence-corrected chi connectivity index (χ1v) is 16.8. The van der Waals surface area contributed by atoms with Crippen LogP contribution in [-0.2, 0) is 18.4 Å².